The Kier molecular flexibility index (Phi) is 7.29. The Morgan fingerprint density at radius 2 is 1.95 bits per heavy atom. The van der Waals surface area contributed by atoms with E-state index in [2.05, 4.69) is 28.3 Å². The largest absolute Gasteiger partial charge is 0.495 e. The van der Waals surface area contributed by atoms with E-state index in [1.807, 2.05) is 12.1 Å². The van der Waals surface area contributed by atoms with Gasteiger partial charge < -0.3 is 14.2 Å². The Morgan fingerprint density at radius 1 is 1.25 bits per heavy atom. The summed E-state index contributed by atoms with van der Waals surface area (Å²) in [4.78, 5) is 0. The molecule has 0 radical (unpaired) electrons. The number of methoxy groups -OCH3 is 3. The zero-order chi connectivity index (χ0) is 15.1. The average molecular weight is 347 g/mol. The molecule has 0 saturated heterocycles. The van der Waals surface area contributed by atoms with Gasteiger partial charge in [-0.2, -0.15) is 0 Å². The third kappa shape index (κ3) is 4.09. The first kappa shape index (κ1) is 17.2. The van der Waals surface area contributed by atoms with Crippen molar-refractivity contribution in [3.05, 3.63) is 22.2 Å². The van der Waals surface area contributed by atoms with Gasteiger partial charge in [0.2, 0.25) is 0 Å². The summed E-state index contributed by atoms with van der Waals surface area (Å²) in [6.45, 7) is 2.82. The SMILES string of the molecule is COCC(C)CC(NN)c1ccc(OC)c(Br)c1OC. The first-order valence-electron chi connectivity index (χ1n) is 6.44. The van der Waals surface area contributed by atoms with E-state index < -0.39 is 0 Å². The second-order valence-corrected chi connectivity index (χ2v) is 5.51. The molecule has 3 N–H and O–H groups in total. The van der Waals surface area contributed by atoms with Crippen LogP contribution in [0.5, 0.6) is 11.5 Å². The highest BCUT2D eigenvalue weighted by atomic mass is 79.9. The molecule has 0 spiro atoms. The predicted octanol–water partition coefficient (Wildman–Crippen LogP) is 2.64. The van der Waals surface area contributed by atoms with Crippen LogP contribution in [0.2, 0.25) is 0 Å². The van der Waals surface area contributed by atoms with Gasteiger partial charge >= 0.3 is 0 Å². The van der Waals surface area contributed by atoms with Gasteiger partial charge in [0.05, 0.1) is 14.2 Å². The van der Waals surface area contributed by atoms with Gasteiger partial charge in [-0.3, -0.25) is 11.3 Å². The van der Waals surface area contributed by atoms with E-state index in [1.54, 1.807) is 21.3 Å². The molecule has 0 aromatic heterocycles. The molecule has 0 fully saturated rings. The van der Waals surface area contributed by atoms with E-state index in [0.717, 1.165) is 28.0 Å². The van der Waals surface area contributed by atoms with Crippen molar-refractivity contribution in [3.63, 3.8) is 0 Å². The maximum absolute atomic E-state index is 5.70. The summed E-state index contributed by atoms with van der Waals surface area (Å²) in [6, 6.07) is 3.84. The molecule has 2 atom stereocenters. The Bertz CT molecular complexity index is 429. The Hall–Kier alpha value is -0.820. The fraction of sp³-hybridized carbons (Fsp3) is 0.571. The lowest BCUT2D eigenvalue weighted by molar-refractivity contribution is 0.149. The summed E-state index contributed by atoms with van der Waals surface area (Å²) in [7, 11) is 4.96. The van der Waals surface area contributed by atoms with Gasteiger partial charge in [-0.1, -0.05) is 6.92 Å². The predicted molar refractivity (Wildman–Crippen MR) is 83.0 cm³/mol. The molecule has 0 saturated carbocycles. The summed E-state index contributed by atoms with van der Waals surface area (Å²) in [5.74, 6) is 7.54. The molecular weight excluding hydrogens is 324 g/mol. The fourth-order valence-electron chi connectivity index (χ4n) is 2.23. The van der Waals surface area contributed by atoms with Crippen molar-refractivity contribution >= 4 is 15.9 Å². The average Bonchev–Trinajstić information content (AvgIpc) is 2.44. The van der Waals surface area contributed by atoms with Crippen molar-refractivity contribution in [2.75, 3.05) is 27.9 Å². The molecule has 1 rings (SSSR count). The lowest BCUT2D eigenvalue weighted by atomic mass is 9.96. The van der Waals surface area contributed by atoms with Gasteiger partial charge in [0.15, 0.2) is 0 Å². The van der Waals surface area contributed by atoms with E-state index in [9.17, 15) is 0 Å². The number of nitrogens with two attached hydrogens (primary N) is 1. The van der Waals surface area contributed by atoms with Gasteiger partial charge in [0.25, 0.3) is 0 Å². The molecule has 1 aromatic rings. The van der Waals surface area contributed by atoms with Crippen LogP contribution in [0.3, 0.4) is 0 Å². The second-order valence-electron chi connectivity index (χ2n) is 4.72. The molecule has 114 valence electrons. The highest BCUT2D eigenvalue weighted by molar-refractivity contribution is 9.10. The minimum atomic E-state index is -0.0164. The molecule has 6 heteroatoms. The summed E-state index contributed by atoms with van der Waals surface area (Å²) in [6.07, 6.45) is 0.847. The molecule has 0 heterocycles. The molecule has 0 aliphatic rings. The van der Waals surface area contributed by atoms with Gasteiger partial charge in [-0.05, 0) is 40.4 Å². The van der Waals surface area contributed by atoms with E-state index in [4.69, 9.17) is 20.1 Å². The Labute approximate surface area is 128 Å². The lowest BCUT2D eigenvalue weighted by Crippen LogP contribution is -2.30. The van der Waals surface area contributed by atoms with Crippen molar-refractivity contribution in [2.45, 2.75) is 19.4 Å². The quantitative estimate of drug-likeness (QED) is 0.559. The lowest BCUT2D eigenvalue weighted by Gasteiger charge is -2.23. The van der Waals surface area contributed by atoms with Crippen LogP contribution in [0.1, 0.15) is 24.9 Å². The van der Waals surface area contributed by atoms with Gasteiger partial charge in [0, 0.05) is 25.3 Å². The highest BCUT2D eigenvalue weighted by Crippen LogP contribution is 2.40. The Balaban J connectivity index is 3.05. The minimum absolute atomic E-state index is 0.0164. The van der Waals surface area contributed by atoms with Crippen molar-refractivity contribution in [2.24, 2.45) is 11.8 Å². The second kappa shape index (κ2) is 8.46. The molecule has 1 aromatic carbocycles. The van der Waals surface area contributed by atoms with Crippen LogP contribution in [0.4, 0.5) is 0 Å². The summed E-state index contributed by atoms with van der Waals surface area (Å²) in [5, 5.41) is 0. The topological polar surface area (TPSA) is 65.7 Å². The van der Waals surface area contributed by atoms with Crippen LogP contribution in [-0.2, 0) is 4.74 Å². The number of ether oxygens (including phenoxy) is 3. The Morgan fingerprint density at radius 3 is 2.45 bits per heavy atom. The number of hydrogen-bond acceptors (Lipinski definition) is 5. The monoisotopic (exact) mass is 346 g/mol. The molecule has 20 heavy (non-hydrogen) atoms. The molecular formula is C14H23BrN2O3. The number of hydrazine groups is 1. The highest BCUT2D eigenvalue weighted by Gasteiger charge is 2.21. The van der Waals surface area contributed by atoms with Crippen molar-refractivity contribution < 1.29 is 14.2 Å². The fourth-order valence-corrected chi connectivity index (χ4v) is 2.92. The maximum atomic E-state index is 5.70. The summed E-state index contributed by atoms with van der Waals surface area (Å²) < 4.78 is 16.7. The molecule has 2 unspecified atom stereocenters. The zero-order valence-corrected chi connectivity index (χ0v) is 14.0. The number of hydrogen-bond donors (Lipinski definition) is 2. The van der Waals surface area contributed by atoms with Crippen LogP contribution < -0.4 is 20.7 Å². The van der Waals surface area contributed by atoms with Gasteiger partial charge in [-0.25, -0.2) is 0 Å². The third-order valence-corrected chi connectivity index (χ3v) is 3.93. The van der Waals surface area contributed by atoms with Crippen LogP contribution in [-0.4, -0.2) is 27.9 Å². The van der Waals surface area contributed by atoms with Crippen molar-refractivity contribution in [3.8, 4) is 11.5 Å². The third-order valence-electron chi connectivity index (χ3n) is 3.18. The van der Waals surface area contributed by atoms with E-state index in [1.165, 1.54) is 0 Å². The van der Waals surface area contributed by atoms with Gasteiger partial charge in [0.1, 0.15) is 16.0 Å². The van der Waals surface area contributed by atoms with E-state index in [-0.39, 0.29) is 6.04 Å². The summed E-state index contributed by atoms with van der Waals surface area (Å²) >= 11 is 3.50. The maximum Gasteiger partial charge on any atom is 0.141 e. The van der Waals surface area contributed by atoms with E-state index >= 15 is 0 Å². The number of benzene rings is 1. The number of nitrogens with one attached hydrogen (secondary N) is 1. The minimum Gasteiger partial charge on any atom is -0.495 e. The summed E-state index contributed by atoms with van der Waals surface area (Å²) in [5.41, 5.74) is 3.84. The van der Waals surface area contributed by atoms with E-state index in [0.29, 0.717) is 12.5 Å². The smallest absolute Gasteiger partial charge is 0.141 e. The van der Waals surface area contributed by atoms with Crippen LogP contribution in [0.15, 0.2) is 16.6 Å². The standard InChI is InChI=1S/C14H23BrN2O3/c1-9(8-18-2)7-11(17-16)10-5-6-12(19-3)13(15)14(10)20-4/h5-6,9,11,17H,7-8,16H2,1-4H3. The zero-order valence-electron chi connectivity index (χ0n) is 12.4. The molecule has 5 nitrogen and oxygen atoms in total. The van der Waals surface area contributed by atoms with Crippen molar-refractivity contribution in [1.82, 2.24) is 5.43 Å². The first-order valence-corrected chi connectivity index (χ1v) is 7.23. The molecule has 0 aliphatic heterocycles. The number of halogens is 1. The van der Waals surface area contributed by atoms with Crippen LogP contribution in [0, 0.1) is 5.92 Å². The normalized spacial score (nSPS) is 13.9. The first-order chi connectivity index (χ1) is 9.58. The number of rotatable bonds is 8. The van der Waals surface area contributed by atoms with Gasteiger partial charge in [-0.15, -0.1) is 0 Å². The van der Waals surface area contributed by atoms with Crippen LogP contribution >= 0.6 is 15.9 Å². The molecule has 0 bridgehead atoms. The molecule has 0 aliphatic carbocycles. The van der Waals surface area contributed by atoms with Crippen LogP contribution in [0.25, 0.3) is 0 Å². The van der Waals surface area contributed by atoms with Crippen molar-refractivity contribution in [1.29, 1.82) is 0 Å². The molecule has 0 amide bonds.